The van der Waals surface area contributed by atoms with E-state index >= 15 is 0 Å². The van der Waals surface area contributed by atoms with E-state index in [9.17, 15) is 14.7 Å². The van der Waals surface area contributed by atoms with Crippen molar-refractivity contribution in [2.24, 2.45) is 0 Å². The molecule has 0 aromatic rings. The second kappa shape index (κ2) is 4.15. The molecule has 0 aromatic heterocycles. The molecule has 0 bridgehead atoms. The molecule has 5 heteroatoms. The van der Waals surface area contributed by atoms with Crippen molar-refractivity contribution in [2.75, 3.05) is 13.1 Å². The van der Waals surface area contributed by atoms with Crippen LogP contribution in [0.15, 0.2) is 11.3 Å². The largest absolute Gasteiger partial charge is 0.503 e. The summed E-state index contributed by atoms with van der Waals surface area (Å²) in [5.74, 6) is -1.63. The Labute approximate surface area is 94.7 Å². The molecular formula is C11H17NO4. The highest BCUT2D eigenvalue weighted by Crippen LogP contribution is 2.20. The Balaban J connectivity index is 2.82. The van der Waals surface area contributed by atoms with Crippen LogP contribution in [0, 0.1) is 0 Å². The summed E-state index contributed by atoms with van der Waals surface area (Å²) < 4.78 is 5.10. The summed E-state index contributed by atoms with van der Waals surface area (Å²) in [6.45, 7) is 7.55. The Morgan fingerprint density at radius 2 is 2.06 bits per heavy atom. The van der Waals surface area contributed by atoms with Gasteiger partial charge in [0.2, 0.25) is 0 Å². The first-order valence-electron chi connectivity index (χ1n) is 5.21. The minimum Gasteiger partial charge on any atom is -0.503 e. The number of nitrogens with zero attached hydrogens (tertiary/aromatic N) is 1. The van der Waals surface area contributed by atoms with Crippen molar-refractivity contribution < 1.29 is 19.4 Å². The molecule has 16 heavy (non-hydrogen) atoms. The third kappa shape index (κ3) is 2.53. The monoisotopic (exact) mass is 227 g/mol. The van der Waals surface area contributed by atoms with Gasteiger partial charge >= 0.3 is 5.97 Å². The Morgan fingerprint density at radius 1 is 1.50 bits per heavy atom. The number of likely N-dealkylation sites (N-methyl/N-ethyl adjacent to an activating group) is 1. The number of aliphatic hydroxyl groups is 1. The minimum absolute atomic E-state index is 0.0433. The maximum Gasteiger partial charge on any atom is 0.340 e. The average molecular weight is 227 g/mol. The topological polar surface area (TPSA) is 66.8 Å². The molecule has 1 aliphatic heterocycles. The molecule has 0 aromatic carbocycles. The summed E-state index contributed by atoms with van der Waals surface area (Å²) in [5.41, 5.74) is -0.589. The van der Waals surface area contributed by atoms with Crippen molar-refractivity contribution in [1.82, 2.24) is 4.90 Å². The summed E-state index contributed by atoms with van der Waals surface area (Å²) in [5, 5.41) is 9.51. The van der Waals surface area contributed by atoms with E-state index in [0.29, 0.717) is 6.54 Å². The predicted molar refractivity (Wildman–Crippen MR) is 57.8 cm³/mol. The second-order valence-electron chi connectivity index (χ2n) is 4.65. The molecule has 0 radical (unpaired) electrons. The molecule has 1 heterocycles. The minimum atomic E-state index is -0.632. The number of hydrogen-bond acceptors (Lipinski definition) is 4. The van der Waals surface area contributed by atoms with E-state index in [-0.39, 0.29) is 12.1 Å². The first-order valence-corrected chi connectivity index (χ1v) is 5.21. The van der Waals surface area contributed by atoms with Gasteiger partial charge in [0.25, 0.3) is 5.91 Å². The third-order valence-corrected chi connectivity index (χ3v) is 2.15. The third-order valence-electron chi connectivity index (χ3n) is 2.15. The standard InChI is InChI=1S/C11H17NO4/c1-5-12-6-7(8(13)9(12)14)10(15)16-11(2,3)4/h13H,5-6H2,1-4H3. The number of ether oxygens (including phenoxy) is 1. The molecule has 0 fully saturated rings. The second-order valence-corrected chi connectivity index (χ2v) is 4.65. The number of amides is 1. The molecular weight excluding hydrogens is 210 g/mol. The molecule has 1 amide bonds. The van der Waals surface area contributed by atoms with Crippen molar-refractivity contribution in [3.63, 3.8) is 0 Å². The molecule has 0 atom stereocenters. The van der Waals surface area contributed by atoms with Gasteiger partial charge in [0.15, 0.2) is 5.76 Å². The summed E-state index contributed by atoms with van der Waals surface area (Å²) >= 11 is 0. The Kier molecular flexibility index (Phi) is 3.26. The van der Waals surface area contributed by atoms with E-state index in [1.54, 1.807) is 27.7 Å². The molecule has 5 nitrogen and oxygen atoms in total. The van der Waals surface area contributed by atoms with Gasteiger partial charge in [-0.25, -0.2) is 4.79 Å². The van der Waals surface area contributed by atoms with Gasteiger partial charge in [0.1, 0.15) is 11.2 Å². The molecule has 0 saturated carbocycles. The molecule has 90 valence electrons. The summed E-state index contributed by atoms with van der Waals surface area (Å²) in [6, 6.07) is 0. The Morgan fingerprint density at radius 3 is 2.44 bits per heavy atom. The maximum absolute atomic E-state index is 11.7. The lowest BCUT2D eigenvalue weighted by Gasteiger charge is -2.20. The van der Waals surface area contributed by atoms with E-state index in [4.69, 9.17) is 4.74 Å². The van der Waals surface area contributed by atoms with Crippen molar-refractivity contribution in [3.8, 4) is 0 Å². The number of carbonyl (C=O) groups excluding carboxylic acids is 2. The van der Waals surface area contributed by atoms with Crippen LogP contribution in [-0.4, -0.2) is 40.6 Å². The summed E-state index contributed by atoms with van der Waals surface area (Å²) in [6.07, 6.45) is 0. The van der Waals surface area contributed by atoms with E-state index in [0.717, 1.165) is 0 Å². The first-order chi connectivity index (χ1) is 7.26. The number of hydrogen-bond donors (Lipinski definition) is 1. The number of aliphatic hydroxyl groups excluding tert-OH is 1. The molecule has 0 saturated heterocycles. The Hall–Kier alpha value is -1.52. The van der Waals surface area contributed by atoms with Gasteiger partial charge in [-0.1, -0.05) is 0 Å². The van der Waals surface area contributed by atoms with Gasteiger partial charge in [-0.2, -0.15) is 0 Å². The normalized spacial score (nSPS) is 17.0. The highest BCUT2D eigenvalue weighted by molar-refractivity contribution is 6.05. The van der Waals surface area contributed by atoms with Crippen LogP contribution in [0.3, 0.4) is 0 Å². The lowest BCUT2D eigenvalue weighted by Crippen LogP contribution is -2.29. The van der Waals surface area contributed by atoms with Gasteiger partial charge in [-0.05, 0) is 27.7 Å². The van der Waals surface area contributed by atoms with E-state index in [1.165, 1.54) is 4.90 Å². The zero-order chi connectivity index (χ0) is 12.5. The van der Waals surface area contributed by atoms with Crippen LogP contribution in [0.2, 0.25) is 0 Å². The zero-order valence-electron chi connectivity index (χ0n) is 10.0. The van der Waals surface area contributed by atoms with Crippen LogP contribution >= 0.6 is 0 Å². The van der Waals surface area contributed by atoms with Crippen LogP contribution in [0.4, 0.5) is 0 Å². The summed E-state index contributed by atoms with van der Waals surface area (Å²) in [7, 11) is 0. The molecule has 1 N–H and O–H groups in total. The molecule has 1 aliphatic rings. The highest BCUT2D eigenvalue weighted by atomic mass is 16.6. The molecule has 0 unspecified atom stereocenters. The van der Waals surface area contributed by atoms with Gasteiger partial charge in [0, 0.05) is 6.54 Å². The molecule has 1 rings (SSSR count). The van der Waals surface area contributed by atoms with Gasteiger partial charge in [-0.3, -0.25) is 4.79 Å². The number of esters is 1. The fourth-order valence-corrected chi connectivity index (χ4v) is 1.37. The lowest BCUT2D eigenvalue weighted by molar-refractivity contribution is -0.150. The smallest absolute Gasteiger partial charge is 0.340 e. The van der Waals surface area contributed by atoms with Crippen LogP contribution < -0.4 is 0 Å². The fourth-order valence-electron chi connectivity index (χ4n) is 1.37. The van der Waals surface area contributed by atoms with Crippen LogP contribution in [0.5, 0.6) is 0 Å². The first kappa shape index (κ1) is 12.5. The Bertz CT molecular complexity index is 351. The van der Waals surface area contributed by atoms with Crippen LogP contribution in [-0.2, 0) is 14.3 Å². The number of carbonyl (C=O) groups is 2. The molecule has 0 spiro atoms. The highest BCUT2D eigenvalue weighted by Gasteiger charge is 2.35. The van der Waals surface area contributed by atoms with Crippen molar-refractivity contribution in [2.45, 2.75) is 33.3 Å². The molecule has 0 aliphatic carbocycles. The maximum atomic E-state index is 11.7. The average Bonchev–Trinajstić information content (AvgIpc) is 2.41. The van der Waals surface area contributed by atoms with Crippen LogP contribution in [0.25, 0.3) is 0 Å². The number of rotatable bonds is 2. The van der Waals surface area contributed by atoms with Gasteiger partial charge < -0.3 is 14.7 Å². The van der Waals surface area contributed by atoms with E-state index < -0.39 is 23.2 Å². The van der Waals surface area contributed by atoms with Crippen molar-refractivity contribution in [1.29, 1.82) is 0 Å². The quantitative estimate of drug-likeness (QED) is 0.715. The van der Waals surface area contributed by atoms with E-state index in [2.05, 4.69) is 0 Å². The lowest BCUT2D eigenvalue weighted by atomic mass is 10.2. The van der Waals surface area contributed by atoms with Crippen molar-refractivity contribution >= 4 is 11.9 Å². The van der Waals surface area contributed by atoms with Gasteiger partial charge in [-0.15, -0.1) is 0 Å². The zero-order valence-corrected chi connectivity index (χ0v) is 10.0. The van der Waals surface area contributed by atoms with Crippen molar-refractivity contribution in [3.05, 3.63) is 11.3 Å². The van der Waals surface area contributed by atoms with E-state index in [1.807, 2.05) is 0 Å². The summed E-state index contributed by atoms with van der Waals surface area (Å²) in [4.78, 5) is 24.5. The predicted octanol–water partition coefficient (Wildman–Crippen LogP) is 1.00. The van der Waals surface area contributed by atoms with Gasteiger partial charge in [0.05, 0.1) is 6.54 Å². The fraction of sp³-hybridized carbons (Fsp3) is 0.636. The van der Waals surface area contributed by atoms with Crippen LogP contribution in [0.1, 0.15) is 27.7 Å². The SMILES string of the molecule is CCN1CC(C(=O)OC(C)(C)C)=C(O)C1=O.